The Morgan fingerprint density at radius 1 is 1.09 bits per heavy atom. The van der Waals surface area contributed by atoms with E-state index >= 15 is 0 Å². The molecule has 0 N–H and O–H groups in total. The van der Waals surface area contributed by atoms with Crippen molar-refractivity contribution < 1.29 is 26.3 Å². The number of rotatable bonds is 4. The van der Waals surface area contributed by atoms with Crippen molar-refractivity contribution >= 4 is 10.0 Å². The van der Waals surface area contributed by atoms with E-state index in [9.17, 15) is 21.6 Å². The van der Waals surface area contributed by atoms with Gasteiger partial charge in [-0.25, -0.2) is 17.7 Å². The molecule has 6 nitrogen and oxygen atoms in total. The number of ether oxygens (including phenoxy) is 1. The molecule has 0 aliphatic rings. The second kappa shape index (κ2) is 6.13. The van der Waals surface area contributed by atoms with Gasteiger partial charge in [0.25, 0.3) is 0 Å². The van der Waals surface area contributed by atoms with Gasteiger partial charge in [-0.1, -0.05) is 0 Å². The third kappa shape index (κ3) is 3.96. The van der Waals surface area contributed by atoms with Gasteiger partial charge in [0.2, 0.25) is 10.0 Å². The molecule has 0 aliphatic carbocycles. The van der Waals surface area contributed by atoms with Gasteiger partial charge >= 0.3 is 12.2 Å². The summed E-state index contributed by atoms with van der Waals surface area (Å²) in [6.45, 7) is 0. The summed E-state index contributed by atoms with van der Waals surface area (Å²) < 4.78 is 67.6. The van der Waals surface area contributed by atoms with Crippen LogP contribution >= 0.6 is 0 Å². The normalized spacial score (nSPS) is 12.4. The van der Waals surface area contributed by atoms with Gasteiger partial charge in [0, 0.05) is 20.3 Å². The lowest BCUT2D eigenvalue weighted by atomic mass is 10.3. The van der Waals surface area contributed by atoms with Crippen molar-refractivity contribution in [2.45, 2.75) is 11.1 Å². The molecule has 0 amide bonds. The highest BCUT2D eigenvalue weighted by Gasteiger charge is 2.33. The van der Waals surface area contributed by atoms with E-state index in [1.807, 2.05) is 0 Å². The molecule has 2 rings (SSSR count). The zero-order chi connectivity index (χ0) is 17.3. The van der Waals surface area contributed by atoms with E-state index in [0.29, 0.717) is 0 Å². The average Bonchev–Trinajstić information content (AvgIpc) is 2.47. The summed E-state index contributed by atoms with van der Waals surface area (Å²) in [5, 5.41) is 0. The fraction of sp³-hybridized carbons (Fsp3) is 0.231. The Labute approximate surface area is 130 Å². The molecule has 10 heteroatoms. The molecule has 23 heavy (non-hydrogen) atoms. The molecule has 0 saturated carbocycles. The minimum atomic E-state index is -4.61. The van der Waals surface area contributed by atoms with Crippen LogP contribution in [0.15, 0.2) is 41.4 Å². The van der Waals surface area contributed by atoms with E-state index in [2.05, 4.69) is 9.97 Å². The van der Waals surface area contributed by atoms with Crippen molar-refractivity contribution in [1.29, 1.82) is 0 Å². The van der Waals surface area contributed by atoms with Crippen LogP contribution in [0.25, 0.3) is 0 Å². The predicted molar refractivity (Wildman–Crippen MR) is 74.4 cm³/mol. The van der Waals surface area contributed by atoms with Gasteiger partial charge in [-0.15, -0.1) is 0 Å². The summed E-state index contributed by atoms with van der Waals surface area (Å²) in [5.74, 6) is 0.113. The minimum Gasteiger partial charge on any atom is -0.424 e. The van der Waals surface area contributed by atoms with E-state index in [0.717, 1.165) is 16.6 Å². The van der Waals surface area contributed by atoms with Gasteiger partial charge in [-0.2, -0.15) is 18.2 Å². The van der Waals surface area contributed by atoms with E-state index in [1.54, 1.807) is 0 Å². The van der Waals surface area contributed by atoms with E-state index < -0.39 is 27.9 Å². The van der Waals surface area contributed by atoms with E-state index in [1.165, 1.54) is 38.4 Å². The van der Waals surface area contributed by atoms with Crippen LogP contribution in [0.1, 0.15) is 5.69 Å². The van der Waals surface area contributed by atoms with Crippen molar-refractivity contribution in [3.8, 4) is 11.8 Å². The van der Waals surface area contributed by atoms with Gasteiger partial charge in [-0.3, -0.25) is 0 Å². The second-order valence-electron chi connectivity index (χ2n) is 4.58. The highest BCUT2D eigenvalue weighted by molar-refractivity contribution is 7.89. The first kappa shape index (κ1) is 17.2. The van der Waals surface area contributed by atoms with Crippen LogP contribution in [0.4, 0.5) is 13.2 Å². The molecular formula is C13H12F3N3O3S. The monoisotopic (exact) mass is 347 g/mol. The number of nitrogens with zero attached hydrogens (tertiary/aromatic N) is 3. The molecule has 1 heterocycles. The van der Waals surface area contributed by atoms with Gasteiger partial charge < -0.3 is 4.74 Å². The molecule has 0 spiro atoms. The lowest BCUT2D eigenvalue weighted by Gasteiger charge is -2.12. The number of hydrogen-bond acceptors (Lipinski definition) is 5. The molecule has 2 aromatic rings. The zero-order valence-corrected chi connectivity index (χ0v) is 12.9. The molecule has 0 aliphatic heterocycles. The molecule has 0 unspecified atom stereocenters. The van der Waals surface area contributed by atoms with E-state index in [-0.39, 0.29) is 10.6 Å². The van der Waals surface area contributed by atoms with Crippen molar-refractivity contribution in [2.24, 2.45) is 0 Å². The Balaban J connectivity index is 2.22. The first-order valence-corrected chi connectivity index (χ1v) is 7.65. The van der Waals surface area contributed by atoms with Crippen molar-refractivity contribution in [2.75, 3.05) is 14.1 Å². The predicted octanol–water partition coefficient (Wildman–Crippen LogP) is 2.54. The van der Waals surface area contributed by atoms with Crippen molar-refractivity contribution in [3.05, 3.63) is 42.2 Å². The Hall–Kier alpha value is -2.20. The first-order valence-electron chi connectivity index (χ1n) is 6.21. The lowest BCUT2D eigenvalue weighted by Crippen LogP contribution is -2.22. The second-order valence-corrected chi connectivity index (χ2v) is 6.73. The molecule has 0 saturated heterocycles. The van der Waals surface area contributed by atoms with Crippen LogP contribution in [0, 0.1) is 0 Å². The van der Waals surface area contributed by atoms with Crippen LogP contribution in [0.2, 0.25) is 0 Å². The molecule has 0 bridgehead atoms. The van der Waals surface area contributed by atoms with Crippen LogP contribution in [0.3, 0.4) is 0 Å². The van der Waals surface area contributed by atoms with Gasteiger partial charge in [-0.05, 0) is 30.3 Å². The summed E-state index contributed by atoms with van der Waals surface area (Å²) in [6.07, 6.45) is -3.68. The molecule has 0 atom stereocenters. The summed E-state index contributed by atoms with van der Waals surface area (Å²) in [4.78, 5) is 6.87. The standard InChI is InChI=1S/C13H12F3N3O3S/c1-19(2)23(20,21)10-5-3-9(4-6-10)22-12-17-8-7-11(18-12)13(14,15)16/h3-8H,1-2H3. The number of sulfonamides is 1. The highest BCUT2D eigenvalue weighted by atomic mass is 32.2. The Bertz CT molecular complexity index is 790. The van der Waals surface area contributed by atoms with Gasteiger partial charge in [0.05, 0.1) is 4.90 Å². The summed E-state index contributed by atoms with van der Waals surface area (Å²) in [5.41, 5.74) is -1.13. The topological polar surface area (TPSA) is 72.4 Å². The number of alkyl halides is 3. The fourth-order valence-electron chi connectivity index (χ4n) is 1.54. The van der Waals surface area contributed by atoms with Gasteiger partial charge in [0.15, 0.2) is 5.69 Å². The quantitative estimate of drug-likeness (QED) is 0.850. The SMILES string of the molecule is CN(C)S(=O)(=O)c1ccc(Oc2nccc(C(F)(F)F)n2)cc1. The average molecular weight is 347 g/mol. The molecule has 0 radical (unpaired) electrons. The number of halogens is 3. The molecule has 0 fully saturated rings. The molecular weight excluding hydrogens is 335 g/mol. The van der Waals surface area contributed by atoms with Gasteiger partial charge in [0.1, 0.15) is 5.75 Å². The van der Waals surface area contributed by atoms with Crippen LogP contribution < -0.4 is 4.74 Å². The molecule has 1 aromatic carbocycles. The molecule has 1 aromatic heterocycles. The Morgan fingerprint density at radius 2 is 1.70 bits per heavy atom. The zero-order valence-electron chi connectivity index (χ0n) is 12.1. The largest absolute Gasteiger partial charge is 0.433 e. The third-order valence-electron chi connectivity index (χ3n) is 2.74. The number of aromatic nitrogens is 2. The van der Waals surface area contributed by atoms with E-state index in [4.69, 9.17) is 4.74 Å². The number of benzene rings is 1. The van der Waals surface area contributed by atoms with Crippen molar-refractivity contribution in [1.82, 2.24) is 14.3 Å². The smallest absolute Gasteiger partial charge is 0.424 e. The van der Waals surface area contributed by atoms with Crippen LogP contribution in [0.5, 0.6) is 11.8 Å². The fourth-order valence-corrected chi connectivity index (χ4v) is 2.45. The van der Waals surface area contributed by atoms with Crippen molar-refractivity contribution in [3.63, 3.8) is 0 Å². The number of hydrogen-bond donors (Lipinski definition) is 0. The van der Waals surface area contributed by atoms with Crippen LogP contribution in [-0.4, -0.2) is 36.8 Å². The first-order chi connectivity index (χ1) is 10.6. The third-order valence-corrected chi connectivity index (χ3v) is 4.56. The maximum absolute atomic E-state index is 12.5. The minimum absolute atomic E-state index is 0.0276. The Morgan fingerprint density at radius 3 is 2.22 bits per heavy atom. The summed E-state index contributed by atoms with van der Waals surface area (Å²) in [7, 11) is -0.825. The summed E-state index contributed by atoms with van der Waals surface area (Å²) in [6, 6.07) is 5.40. The maximum Gasteiger partial charge on any atom is 0.433 e. The molecule has 124 valence electrons. The lowest BCUT2D eigenvalue weighted by molar-refractivity contribution is -0.141. The van der Waals surface area contributed by atoms with Crippen LogP contribution in [-0.2, 0) is 16.2 Å². The highest BCUT2D eigenvalue weighted by Crippen LogP contribution is 2.29. The summed E-state index contributed by atoms with van der Waals surface area (Å²) >= 11 is 0. The maximum atomic E-state index is 12.5. The Kier molecular flexibility index (Phi) is 4.57.